The summed E-state index contributed by atoms with van der Waals surface area (Å²) in [5, 5.41) is 15.3. The molecule has 3 N–H and O–H groups in total. The predicted octanol–water partition coefficient (Wildman–Crippen LogP) is 2.29. The molecule has 1 aromatic carbocycles. The summed E-state index contributed by atoms with van der Waals surface area (Å²) in [6.07, 6.45) is 1.14. The number of benzene rings is 1. The van der Waals surface area contributed by atoms with Gasteiger partial charge in [-0.2, -0.15) is 0 Å². The number of aliphatic hydroxyl groups excluding tert-OH is 1. The van der Waals surface area contributed by atoms with E-state index in [9.17, 15) is 14.3 Å². The van der Waals surface area contributed by atoms with Crippen LogP contribution in [0.3, 0.4) is 0 Å². The van der Waals surface area contributed by atoms with Crippen molar-refractivity contribution in [3.05, 3.63) is 29.1 Å². The number of hydrogen-bond acceptors (Lipinski definition) is 4. The number of urea groups is 1. The van der Waals surface area contributed by atoms with E-state index in [-0.39, 0.29) is 32.4 Å². The van der Waals surface area contributed by atoms with Crippen molar-refractivity contribution in [3.63, 3.8) is 0 Å². The van der Waals surface area contributed by atoms with Crippen LogP contribution in [0.15, 0.2) is 12.1 Å². The lowest BCUT2D eigenvalue weighted by Gasteiger charge is -2.22. The predicted molar refractivity (Wildman–Crippen MR) is 87.0 cm³/mol. The minimum absolute atomic E-state index is 0.111. The van der Waals surface area contributed by atoms with Crippen LogP contribution < -0.4 is 15.4 Å². The summed E-state index contributed by atoms with van der Waals surface area (Å²) in [5.74, 6) is 0.318. The zero-order chi connectivity index (χ0) is 17.5. The molecule has 0 saturated carbocycles. The second-order valence-corrected chi connectivity index (χ2v) is 5.87. The molecule has 0 saturated heterocycles. The third-order valence-corrected chi connectivity index (χ3v) is 4.26. The van der Waals surface area contributed by atoms with Crippen molar-refractivity contribution in [2.45, 2.75) is 45.9 Å². The fourth-order valence-corrected chi connectivity index (χ4v) is 2.82. The molecule has 24 heavy (non-hydrogen) atoms. The molecule has 134 valence electrons. The largest absolute Gasteiger partial charge is 0.467 e. The topological polar surface area (TPSA) is 79.8 Å². The fourth-order valence-electron chi connectivity index (χ4n) is 2.82. The Kier molecular flexibility index (Phi) is 6.81. The Hall–Kier alpha value is -1.86. The molecular weight excluding hydrogens is 315 g/mol. The van der Waals surface area contributed by atoms with E-state index in [1.165, 1.54) is 12.1 Å². The van der Waals surface area contributed by atoms with Gasteiger partial charge < -0.3 is 25.2 Å². The van der Waals surface area contributed by atoms with Gasteiger partial charge >= 0.3 is 6.03 Å². The number of amides is 2. The quantitative estimate of drug-likeness (QED) is 0.711. The highest BCUT2D eigenvalue weighted by Gasteiger charge is 2.18. The van der Waals surface area contributed by atoms with E-state index in [0.29, 0.717) is 16.9 Å². The van der Waals surface area contributed by atoms with Gasteiger partial charge in [0.15, 0.2) is 6.79 Å². The van der Waals surface area contributed by atoms with Gasteiger partial charge in [0.2, 0.25) is 0 Å². The fraction of sp³-hybridized carbons (Fsp3) is 0.588. The Morgan fingerprint density at radius 1 is 1.33 bits per heavy atom. The normalized spacial score (nSPS) is 14.7. The first-order valence-electron chi connectivity index (χ1n) is 8.26. The second-order valence-electron chi connectivity index (χ2n) is 5.87. The van der Waals surface area contributed by atoms with Crippen LogP contribution in [0.1, 0.15) is 37.8 Å². The molecule has 0 aromatic heterocycles. The summed E-state index contributed by atoms with van der Waals surface area (Å²) in [6.45, 7) is 4.73. The van der Waals surface area contributed by atoms with Gasteiger partial charge in [0.1, 0.15) is 11.6 Å². The number of fused-ring (bicyclic) bond motifs is 1. The molecule has 1 aliphatic rings. The Labute approximate surface area is 141 Å². The van der Waals surface area contributed by atoms with Gasteiger partial charge in [-0.1, -0.05) is 26.7 Å². The number of ether oxygens (including phenoxy) is 2. The molecule has 0 radical (unpaired) electrons. The van der Waals surface area contributed by atoms with E-state index in [2.05, 4.69) is 10.6 Å². The van der Waals surface area contributed by atoms with E-state index >= 15 is 0 Å². The van der Waals surface area contributed by atoms with Crippen molar-refractivity contribution in [2.75, 3.05) is 13.3 Å². The molecule has 0 unspecified atom stereocenters. The Morgan fingerprint density at radius 3 is 2.79 bits per heavy atom. The number of halogens is 1. The van der Waals surface area contributed by atoms with E-state index in [0.717, 1.165) is 12.8 Å². The zero-order valence-electron chi connectivity index (χ0n) is 14.1. The summed E-state index contributed by atoms with van der Waals surface area (Å²) in [6, 6.07) is 2.29. The van der Waals surface area contributed by atoms with Gasteiger partial charge in [0.25, 0.3) is 0 Å². The molecule has 0 aliphatic carbocycles. The number of rotatable bonds is 7. The molecule has 2 amide bonds. The summed E-state index contributed by atoms with van der Waals surface area (Å²) < 4.78 is 24.2. The lowest BCUT2D eigenvalue weighted by atomic mass is 9.97. The molecule has 0 spiro atoms. The molecule has 2 rings (SSSR count). The number of hydrogen-bond donors (Lipinski definition) is 3. The number of carbonyl (C=O) groups excluding carboxylic acids is 1. The van der Waals surface area contributed by atoms with Gasteiger partial charge in [-0.25, -0.2) is 9.18 Å². The van der Waals surface area contributed by atoms with Crippen molar-refractivity contribution in [2.24, 2.45) is 5.92 Å². The summed E-state index contributed by atoms with van der Waals surface area (Å²) in [7, 11) is 0. The van der Waals surface area contributed by atoms with E-state index in [1.54, 1.807) is 0 Å². The maximum atomic E-state index is 13.6. The van der Waals surface area contributed by atoms with Gasteiger partial charge in [0, 0.05) is 24.2 Å². The smallest absolute Gasteiger partial charge is 0.315 e. The first-order chi connectivity index (χ1) is 11.5. The highest BCUT2D eigenvalue weighted by molar-refractivity contribution is 5.74. The van der Waals surface area contributed by atoms with Crippen LogP contribution >= 0.6 is 0 Å². The first-order valence-corrected chi connectivity index (χ1v) is 8.26. The maximum Gasteiger partial charge on any atom is 0.315 e. The lowest BCUT2D eigenvalue weighted by molar-refractivity contribution is -0.0173. The molecule has 0 bridgehead atoms. The maximum absolute atomic E-state index is 13.6. The van der Waals surface area contributed by atoms with Crippen molar-refractivity contribution < 1.29 is 23.8 Å². The van der Waals surface area contributed by atoms with Crippen molar-refractivity contribution in [3.8, 4) is 5.75 Å². The van der Waals surface area contributed by atoms with Crippen LogP contribution in [-0.2, 0) is 17.9 Å². The van der Waals surface area contributed by atoms with Crippen molar-refractivity contribution in [1.29, 1.82) is 0 Å². The van der Waals surface area contributed by atoms with E-state index in [1.807, 2.05) is 13.8 Å². The zero-order valence-corrected chi connectivity index (χ0v) is 14.1. The molecular formula is C17H25FN2O4. The third-order valence-electron chi connectivity index (χ3n) is 4.26. The highest BCUT2D eigenvalue weighted by Crippen LogP contribution is 2.29. The van der Waals surface area contributed by atoms with Gasteiger partial charge in [-0.05, 0) is 18.1 Å². The van der Waals surface area contributed by atoms with Gasteiger partial charge in [-0.3, -0.25) is 0 Å². The summed E-state index contributed by atoms with van der Waals surface area (Å²) in [4.78, 5) is 11.9. The van der Waals surface area contributed by atoms with E-state index in [4.69, 9.17) is 9.47 Å². The molecule has 1 heterocycles. The Bertz CT molecular complexity index is 564. The average Bonchev–Trinajstić information content (AvgIpc) is 2.58. The van der Waals surface area contributed by atoms with Crippen molar-refractivity contribution in [1.82, 2.24) is 10.6 Å². The Balaban J connectivity index is 1.87. The molecule has 1 atom stereocenters. The summed E-state index contributed by atoms with van der Waals surface area (Å²) >= 11 is 0. The molecule has 0 fully saturated rings. The monoisotopic (exact) mass is 340 g/mol. The lowest BCUT2D eigenvalue weighted by Crippen LogP contribution is -2.41. The van der Waals surface area contributed by atoms with Gasteiger partial charge in [-0.15, -0.1) is 0 Å². The van der Waals surface area contributed by atoms with Crippen LogP contribution in [0, 0.1) is 11.7 Å². The second kappa shape index (κ2) is 8.84. The van der Waals surface area contributed by atoms with Crippen LogP contribution in [0.5, 0.6) is 5.75 Å². The SMILES string of the molecule is CCC(CC)[C@@H](O)CNC(=O)NCc1cc(F)cc2c1OCOC2. The molecule has 6 nitrogen and oxygen atoms in total. The van der Waals surface area contributed by atoms with Crippen LogP contribution in [0.25, 0.3) is 0 Å². The Morgan fingerprint density at radius 2 is 2.08 bits per heavy atom. The minimum Gasteiger partial charge on any atom is -0.467 e. The molecule has 1 aromatic rings. The van der Waals surface area contributed by atoms with Crippen LogP contribution in [-0.4, -0.2) is 30.6 Å². The van der Waals surface area contributed by atoms with E-state index < -0.39 is 18.0 Å². The summed E-state index contributed by atoms with van der Waals surface area (Å²) in [5.41, 5.74) is 1.19. The number of nitrogens with one attached hydrogen (secondary N) is 2. The van der Waals surface area contributed by atoms with Crippen molar-refractivity contribution >= 4 is 6.03 Å². The van der Waals surface area contributed by atoms with Crippen LogP contribution in [0.4, 0.5) is 9.18 Å². The van der Waals surface area contributed by atoms with Gasteiger partial charge in [0.05, 0.1) is 12.7 Å². The minimum atomic E-state index is -0.576. The molecule has 1 aliphatic heterocycles. The average molecular weight is 340 g/mol. The highest BCUT2D eigenvalue weighted by atomic mass is 19.1. The van der Waals surface area contributed by atoms with Crippen LogP contribution in [0.2, 0.25) is 0 Å². The first kappa shape index (κ1) is 18.5. The number of aliphatic hydroxyl groups is 1. The molecule has 7 heteroatoms. The number of carbonyl (C=O) groups is 1. The third kappa shape index (κ3) is 4.82. The standard InChI is InChI=1S/C17H25FN2O4/c1-3-11(4-2)15(21)8-20-17(22)19-7-12-5-14(18)6-13-9-23-10-24-16(12)13/h5-6,11,15,21H,3-4,7-10H2,1-2H3,(H2,19,20,22)/t15-/m0/s1.